The smallest absolute Gasteiger partial charge is 0.250 e. The number of fused-ring (bicyclic) bond motifs is 1. The van der Waals surface area contributed by atoms with E-state index in [2.05, 4.69) is 47.4 Å². The minimum atomic E-state index is 0.170. The first kappa shape index (κ1) is 15.2. The van der Waals surface area contributed by atoms with E-state index in [4.69, 9.17) is 0 Å². The van der Waals surface area contributed by atoms with E-state index in [1.54, 1.807) is 0 Å². The van der Waals surface area contributed by atoms with Crippen LogP contribution in [0.1, 0.15) is 42.9 Å². The highest BCUT2D eigenvalue weighted by Crippen LogP contribution is 2.46. The van der Waals surface area contributed by atoms with Crippen molar-refractivity contribution >= 4 is 5.91 Å². The molecule has 0 radical (unpaired) electrons. The van der Waals surface area contributed by atoms with E-state index in [1.165, 1.54) is 24.0 Å². The minimum Gasteiger partial charge on any atom is -0.327 e. The number of nitrogens with zero attached hydrogens (tertiary/aromatic N) is 1. The Morgan fingerprint density at radius 3 is 2.38 bits per heavy atom. The Kier molecular flexibility index (Phi) is 4.20. The van der Waals surface area contributed by atoms with E-state index in [0.717, 1.165) is 18.4 Å². The summed E-state index contributed by atoms with van der Waals surface area (Å²) in [5.41, 5.74) is 3.51. The van der Waals surface area contributed by atoms with Crippen LogP contribution in [0.15, 0.2) is 72.3 Å². The summed E-state index contributed by atoms with van der Waals surface area (Å²) >= 11 is 0. The highest BCUT2D eigenvalue weighted by molar-refractivity contribution is 5.97. The summed E-state index contributed by atoms with van der Waals surface area (Å²) in [4.78, 5) is 15.2. The fourth-order valence-electron chi connectivity index (χ4n) is 4.17. The van der Waals surface area contributed by atoms with Gasteiger partial charge in [0.15, 0.2) is 0 Å². The fourth-order valence-corrected chi connectivity index (χ4v) is 4.17. The fraction of sp³-hybridized carbons (Fsp3) is 0.318. The van der Waals surface area contributed by atoms with Crippen LogP contribution in [-0.2, 0) is 11.3 Å². The first-order chi connectivity index (χ1) is 11.8. The van der Waals surface area contributed by atoms with Gasteiger partial charge in [0.1, 0.15) is 0 Å². The van der Waals surface area contributed by atoms with Gasteiger partial charge in [-0.3, -0.25) is 4.79 Å². The molecule has 2 nitrogen and oxygen atoms in total. The van der Waals surface area contributed by atoms with Crippen LogP contribution >= 0.6 is 0 Å². The summed E-state index contributed by atoms with van der Waals surface area (Å²) < 4.78 is 0. The molecule has 1 fully saturated rings. The van der Waals surface area contributed by atoms with E-state index in [-0.39, 0.29) is 11.9 Å². The number of hydrogen-bond donors (Lipinski definition) is 0. The Balaban J connectivity index is 1.74. The number of amides is 1. The van der Waals surface area contributed by atoms with Crippen LogP contribution in [0, 0.1) is 5.92 Å². The lowest BCUT2D eigenvalue weighted by atomic mass is 9.87. The average molecular weight is 317 g/mol. The first-order valence-electron chi connectivity index (χ1n) is 8.94. The second-order valence-electron chi connectivity index (χ2n) is 6.82. The van der Waals surface area contributed by atoms with Crippen molar-refractivity contribution in [2.45, 2.75) is 38.3 Å². The quantitative estimate of drug-likeness (QED) is 0.789. The van der Waals surface area contributed by atoms with Gasteiger partial charge in [0, 0.05) is 18.0 Å². The van der Waals surface area contributed by atoms with Crippen molar-refractivity contribution in [3.63, 3.8) is 0 Å². The van der Waals surface area contributed by atoms with E-state index in [0.29, 0.717) is 12.5 Å². The number of hydrogen-bond acceptors (Lipinski definition) is 1. The van der Waals surface area contributed by atoms with Crippen LogP contribution in [0.2, 0.25) is 0 Å². The molecule has 2 aliphatic rings. The van der Waals surface area contributed by atoms with Crippen molar-refractivity contribution in [2.75, 3.05) is 0 Å². The van der Waals surface area contributed by atoms with Crippen LogP contribution in [0.25, 0.3) is 0 Å². The summed E-state index contributed by atoms with van der Waals surface area (Å²) in [5.74, 6) is 0.575. The van der Waals surface area contributed by atoms with Crippen molar-refractivity contribution in [3.05, 3.63) is 83.4 Å². The average Bonchev–Trinajstić information content (AvgIpc) is 2.79. The normalized spacial score (nSPS) is 23.6. The molecule has 1 aliphatic heterocycles. The molecule has 2 heteroatoms. The Morgan fingerprint density at radius 1 is 0.917 bits per heavy atom. The number of allylic oxidation sites excluding steroid dienone is 1. The van der Waals surface area contributed by atoms with E-state index in [1.807, 2.05) is 24.3 Å². The van der Waals surface area contributed by atoms with Gasteiger partial charge < -0.3 is 4.90 Å². The minimum absolute atomic E-state index is 0.170. The SMILES string of the molecule is O=C1C2=CCCCC[C@@H]2[C@@H](c2ccccc2)N1Cc1ccccc1. The molecule has 0 bridgehead atoms. The van der Waals surface area contributed by atoms with Gasteiger partial charge in [0.05, 0.1) is 6.04 Å². The molecule has 24 heavy (non-hydrogen) atoms. The van der Waals surface area contributed by atoms with Crippen molar-refractivity contribution < 1.29 is 4.79 Å². The molecule has 1 aliphatic carbocycles. The maximum Gasteiger partial charge on any atom is 0.250 e. The molecule has 0 N–H and O–H groups in total. The molecule has 122 valence electrons. The molecule has 4 rings (SSSR count). The summed E-state index contributed by atoms with van der Waals surface area (Å²) in [6, 6.07) is 21.1. The Hall–Kier alpha value is -2.35. The van der Waals surface area contributed by atoms with Crippen molar-refractivity contribution in [1.82, 2.24) is 4.90 Å². The van der Waals surface area contributed by atoms with E-state index < -0.39 is 0 Å². The van der Waals surface area contributed by atoms with E-state index >= 15 is 0 Å². The van der Waals surface area contributed by atoms with E-state index in [9.17, 15) is 4.79 Å². The van der Waals surface area contributed by atoms with Gasteiger partial charge in [0.2, 0.25) is 0 Å². The van der Waals surface area contributed by atoms with Gasteiger partial charge in [-0.2, -0.15) is 0 Å². The third-order valence-corrected chi connectivity index (χ3v) is 5.29. The lowest BCUT2D eigenvalue weighted by Crippen LogP contribution is -2.28. The molecular weight excluding hydrogens is 294 g/mol. The maximum atomic E-state index is 13.1. The van der Waals surface area contributed by atoms with Gasteiger partial charge in [-0.15, -0.1) is 0 Å². The van der Waals surface area contributed by atoms with Crippen molar-refractivity contribution in [2.24, 2.45) is 5.92 Å². The molecule has 0 spiro atoms. The number of carbonyl (C=O) groups excluding carboxylic acids is 1. The van der Waals surface area contributed by atoms with Crippen LogP contribution in [0.5, 0.6) is 0 Å². The predicted octanol–water partition coefficient (Wildman–Crippen LogP) is 4.89. The van der Waals surface area contributed by atoms with Crippen LogP contribution in [-0.4, -0.2) is 10.8 Å². The van der Waals surface area contributed by atoms with Crippen molar-refractivity contribution in [3.8, 4) is 0 Å². The number of likely N-dealkylation sites (tertiary alicyclic amines) is 1. The molecule has 0 saturated carbocycles. The molecule has 0 unspecified atom stereocenters. The van der Waals surface area contributed by atoms with Crippen LogP contribution in [0.4, 0.5) is 0 Å². The second kappa shape index (κ2) is 6.64. The van der Waals surface area contributed by atoms with Gasteiger partial charge in [-0.1, -0.05) is 73.2 Å². The molecule has 1 heterocycles. The highest BCUT2D eigenvalue weighted by Gasteiger charge is 2.44. The zero-order valence-corrected chi connectivity index (χ0v) is 13.9. The summed E-state index contributed by atoms with van der Waals surface area (Å²) in [7, 11) is 0. The molecule has 2 aromatic carbocycles. The Morgan fingerprint density at radius 2 is 1.62 bits per heavy atom. The lowest BCUT2D eigenvalue weighted by molar-refractivity contribution is -0.127. The zero-order chi connectivity index (χ0) is 16.4. The van der Waals surface area contributed by atoms with Gasteiger partial charge >= 0.3 is 0 Å². The lowest BCUT2D eigenvalue weighted by Gasteiger charge is -2.28. The summed E-state index contributed by atoms with van der Waals surface area (Å²) in [6.45, 7) is 0.688. The number of benzene rings is 2. The number of rotatable bonds is 3. The molecule has 1 saturated heterocycles. The molecular formula is C22H23NO. The monoisotopic (exact) mass is 317 g/mol. The number of carbonyl (C=O) groups is 1. The highest BCUT2D eigenvalue weighted by atomic mass is 16.2. The zero-order valence-electron chi connectivity index (χ0n) is 13.9. The van der Waals surface area contributed by atoms with Crippen molar-refractivity contribution in [1.29, 1.82) is 0 Å². The van der Waals surface area contributed by atoms with Gasteiger partial charge in [-0.25, -0.2) is 0 Å². The third kappa shape index (κ3) is 2.77. The summed E-state index contributed by atoms with van der Waals surface area (Å²) in [5, 5.41) is 0. The third-order valence-electron chi connectivity index (χ3n) is 5.29. The predicted molar refractivity (Wildman–Crippen MR) is 96.2 cm³/mol. The maximum absolute atomic E-state index is 13.1. The standard InChI is InChI=1S/C22H23NO/c24-22-20-15-9-3-8-14-19(20)21(18-12-6-2-7-13-18)23(22)16-17-10-4-1-5-11-17/h1-2,4-7,10-13,15,19,21H,3,8-9,14,16H2/t19-,21+/m0/s1. The largest absolute Gasteiger partial charge is 0.327 e. The van der Waals surface area contributed by atoms with Crippen LogP contribution in [0.3, 0.4) is 0 Å². The first-order valence-corrected chi connectivity index (χ1v) is 8.94. The molecule has 0 aromatic heterocycles. The molecule has 2 aromatic rings. The summed E-state index contributed by atoms with van der Waals surface area (Å²) in [6.07, 6.45) is 6.77. The molecule has 2 atom stereocenters. The van der Waals surface area contributed by atoms with Crippen LogP contribution < -0.4 is 0 Å². The Bertz CT molecular complexity index is 735. The second-order valence-corrected chi connectivity index (χ2v) is 6.82. The van der Waals surface area contributed by atoms with Gasteiger partial charge in [-0.05, 0) is 30.4 Å². The Labute approximate surface area is 143 Å². The topological polar surface area (TPSA) is 20.3 Å². The van der Waals surface area contributed by atoms with Gasteiger partial charge in [0.25, 0.3) is 5.91 Å². The molecule has 1 amide bonds.